The van der Waals surface area contributed by atoms with Crippen LogP contribution < -0.4 is 10.6 Å². The summed E-state index contributed by atoms with van der Waals surface area (Å²) in [5.41, 5.74) is 2.10. The predicted molar refractivity (Wildman–Crippen MR) is 77.9 cm³/mol. The van der Waals surface area contributed by atoms with Gasteiger partial charge in [-0.15, -0.1) is 0 Å². The largest absolute Gasteiger partial charge is 0.350 e. The fraction of sp³-hybridized carbons (Fsp3) is 0.562. The van der Waals surface area contributed by atoms with Gasteiger partial charge in [-0.2, -0.15) is 0 Å². The minimum atomic E-state index is -0.322. The summed E-state index contributed by atoms with van der Waals surface area (Å²) in [5.74, 6) is 0.162. The third-order valence-electron chi connectivity index (χ3n) is 4.06. The molecule has 0 aromatic heterocycles. The van der Waals surface area contributed by atoms with Crippen LogP contribution in [0.4, 0.5) is 0 Å². The van der Waals surface area contributed by atoms with Gasteiger partial charge >= 0.3 is 0 Å². The molecule has 0 radical (unpaired) electrons. The first-order chi connectivity index (χ1) is 9.18. The van der Waals surface area contributed by atoms with Crippen molar-refractivity contribution in [2.24, 2.45) is 0 Å². The van der Waals surface area contributed by atoms with E-state index >= 15 is 0 Å². The number of aryl methyl sites for hydroxylation is 1. The molecule has 1 unspecified atom stereocenters. The van der Waals surface area contributed by atoms with E-state index in [2.05, 4.69) is 36.6 Å². The Labute approximate surface area is 115 Å². The molecule has 1 amide bonds. The topological polar surface area (TPSA) is 41.1 Å². The predicted octanol–water partition coefficient (Wildman–Crippen LogP) is 2.53. The SMILES string of the molecule is CCCC1(C(=O)NCc2ccccc2C)CCCN1. The zero-order valence-corrected chi connectivity index (χ0v) is 12.0. The van der Waals surface area contributed by atoms with E-state index in [0.717, 1.165) is 32.2 Å². The van der Waals surface area contributed by atoms with Crippen molar-refractivity contribution < 1.29 is 4.79 Å². The molecule has 3 nitrogen and oxygen atoms in total. The van der Waals surface area contributed by atoms with Gasteiger partial charge in [-0.1, -0.05) is 37.6 Å². The van der Waals surface area contributed by atoms with Crippen LogP contribution in [0.1, 0.15) is 43.7 Å². The van der Waals surface area contributed by atoms with Crippen molar-refractivity contribution in [3.63, 3.8) is 0 Å². The Morgan fingerprint density at radius 2 is 2.21 bits per heavy atom. The second kappa shape index (κ2) is 6.20. The fourth-order valence-corrected chi connectivity index (χ4v) is 2.91. The molecule has 1 fully saturated rings. The summed E-state index contributed by atoms with van der Waals surface area (Å²) in [6.07, 6.45) is 4.01. The smallest absolute Gasteiger partial charge is 0.240 e. The highest BCUT2D eigenvalue weighted by molar-refractivity contribution is 5.86. The lowest BCUT2D eigenvalue weighted by atomic mass is 9.90. The molecular weight excluding hydrogens is 236 g/mol. The van der Waals surface area contributed by atoms with Gasteiger partial charge in [0.15, 0.2) is 0 Å². The molecule has 1 heterocycles. The number of rotatable bonds is 5. The summed E-state index contributed by atoms with van der Waals surface area (Å²) < 4.78 is 0. The molecule has 19 heavy (non-hydrogen) atoms. The van der Waals surface area contributed by atoms with Crippen LogP contribution >= 0.6 is 0 Å². The van der Waals surface area contributed by atoms with Gasteiger partial charge in [0.2, 0.25) is 5.91 Å². The minimum absolute atomic E-state index is 0.162. The van der Waals surface area contributed by atoms with Crippen LogP contribution in [0, 0.1) is 6.92 Å². The fourth-order valence-electron chi connectivity index (χ4n) is 2.91. The van der Waals surface area contributed by atoms with Gasteiger partial charge < -0.3 is 10.6 Å². The van der Waals surface area contributed by atoms with Crippen LogP contribution in [-0.4, -0.2) is 18.0 Å². The lowest BCUT2D eigenvalue weighted by molar-refractivity contribution is -0.127. The van der Waals surface area contributed by atoms with Crippen LogP contribution in [-0.2, 0) is 11.3 Å². The first kappa shape index (κ1) is 14.1. The average molecular weight is 260 g/mol. The second-order valence-corrected chi connectivity index (χ2v) is 5.47. The van der Waals surface area contributed by atoms with Gasteiger partial charge in [-0.3, -0.25) is 4.79 Å². The number of carbonyl (C=O) groups is 1. The molecule has 1 aliphatic rings. The second-order valence-electron chi connectivity index (χ2n) is 5.47. The third-order valence-corrected chi connectivity index (χ3v) is 4.06. The molecule has 1 atom stereocenters. The average Bonchev–Trinajstić information content (AvgIpc) is 2.88. The van der Waals surface area contributed by atoms with E-state index in [9.17, 15) is 4.79 Å². The molecule has 104 valence electrons. The molecule has 0 spiro atoms. The van der Waals surface area contributed by atoms with E-state index < -0.39 is 0 Å². The first-order valence-corrected chi connectivity index (χ1v) is 7.26. The molecule has 1 aromatic rings. The number of hydrogen-bond donors (Lipinski definition) is 2. The first-order valence-electron chi connectivity index (χ1n) is 7.26. The normalized spacial score (nSPS) is 22.4. The van der Waals surface area contributed by atoms with Crippen LogP contribution in [0.5, 0.6) is 0 Å². The van der Waals surface area contributed by atoms with E-state index in [1.807, 2.05) is 12.1 Å². The van der Waals surface area contributed by atoms with Crippen LogP contribution in [0.3, 0.4) is 0 Å². The maximum absolute atomic E-state index is 12.5. The third kappa shape index (κ3) is 3.16. The maximum Gasteiger partial charge on any atom is 0.240 e. The molecule has 1 aliphatic heterocycles. The van der Waals surface area contributed by atoms with Crippen molar-refractivity contribution >= 4 is 5.91 Å². The molecule has 1 saturated heterocycles. The van der Waals surface area contributed by atoms with Gasteiger partial charge in [-0.05, 0) is 43.9 Å². The van der Waals surface area contributed by atoms with Gasteiger partial charge in [0.05, 0.1) is 5.54 Å². The van der Waals surface area contributed by atoms with Gasteiger partial charge in [0, 0.05) is 6.54 Å². The Morgan fingerprint density at radius 3 is 2.84 bits per heavy atom. The maximum atomic E-state index is 12.5. The highest BCUT2D eigenvalue weighted by Gasteiger charge is 2.39. The Bertz CT molecular complexity index is 436. The van der Waals surface area contributed by atoms with Gasteiger partial charge in [0.25, 0.3) is 0 Å². The molecule has 3 heteroatoms. The highest BCUT2D eigenvalue weighted by atomic mass is 16.2. The zero-order valence-electron chi connectivity index (χ0n) is 12.0. The zero-order chi connectivity index (χ0) is 13.7. The molecule has 1 aromatic carbocycles. The molecule has 0 saturated carbocycles. The van der Waals surface area contributed by atoms with E-state index in [-0.39, 0.29) is 11.4 Å². The van der Waals surface area contributed by atoms with E-state index in [0.29, 0.717) is 6.54 Å². The molecule has 0 bridgehead atoms. The van der Waals surface area contributed by atoms with Gasteiger partial charge in [-0.25, -0.2) is 0 Å². The lowest BCUT2D eigenvalue weighted by Crippen LogP contribution is -2.53. The van der Waals surface area contributed by atoms with E-state index in [1.165, 1.54) is 11.1 Å². The summed E-state index contributed by atoms with van der Waals surface area (Å²) in [6, 6.07) is 8.20. The summed E-state index contributed by atoms with van der Waals surface area (Å²) in [4.78, 5) is 12.5. The standard InChI is InChI=1S/C16H24N2O/c1-3-9-16(10-6-11-18-16)15(19)17-12-14-8-5-4-7-13(14)2/h4-5,7-8,18H,3,6,9-12H2,1-2H3,(H,17,19). The van der Waals surface area contributed by atoms with Crippen LogP contribution in [0.2, 0.25) is 0 Å². The minimum Gasteiger partial charge on any atom is -0.350 e. The molecule has 2 N–H and O–H groups in total. The number of nitrogens with one attached hydrogen (secondary N) is 2. The van der Waals surface area contributed by atoms with Crippen molar-refractivity contribution in [3.8, 4) is 0 Å². The summed E-state index contributed by atoms with van der Waals surface area (Å²) in [5, 5.41) is 6.52. The Kier molecular flexibility index (Phi) is 4.59. The van der Waals surface area contributed by atoms with Crippen molar-refractivity contribution in [3.05, 3.63) is 35.4 Å². The molecule has 2 rings (SSSR count). The Hall–Kier alpha value is -1.35. The quantitative estimate of drug-likeness (QED) is 0.854. The lowest BCUT2D eigenvalue weighted by Gasteiger charge is -2.28. The molecule has 0 aliphatic carbocycles. The summed E-state index contributed by atoms with van der Waals surface area (Å²) in [7, 11) is 0. The van der Waals surface area contributed by atoms with Crippen molar-refractivity contribution in [1.82, 2.24) is 10.6 Å². The molecular formula is C16H24N2O. The monoisotopic (exact) mass is 260 g/mol. The summed E-state index contributed by atoms with van der Waals surface area (Å²) in [6.45, 7) is 5.80. The van der Waals surface area contributed by atoms with Crippen LogP contribution in [0.15, 0.2) is 24.3 Å². The number of benzene rings is 1. The Morgan fingerprint density at radius 1 is 1.42 bits per heavy atom. The van der Waals surface area contributed by atoms with Gasteiger partial charge in [0.1, 0.15) is 0 Å². The Balaban J connectivity index is 1.98. The van der Waals surface area contributed by atoms with E-state index in [4.69, 9.17) is 0 Å². The number of amides is 1. The van der Waals surface area contributed by atoms with Crippen molar-refractivity contribution in [2.75, 3.05) is 6.54 Å². The van der Waals surface area contributed by atoms with Crippen molar-refractivity contribution in [1.29, 1.82) is 0 Å². The van der Waals surface area contributed by atoms with E-state index in [1.54, 1.807) is 0 Å². The number of hydrogen-bond acceptors (Lipinski definition) is 2. The summed E-state index contributed by atoms with van der Waals surface area (Å²) >= 11 is 0. The van der Waals surface area contributed by atoms with Crippen LogP contribution in [0.25, 0.3) is 0 Å². The number of carbonyl (C=O) groups excluding carboxylic acids is 1. The highest BCUT2D eigenvalue weighted by Crippen LogP contribution is 2.25. The van der Waals surface area contributed by atoms with Crippen molar-refractivity contribution in [2.45, 2.75) is 51.6 Å².